The molecular formula is C26H24N2O5. The van der Waals surface area contributed by atoms with E-state index in [1.807, 2.05) is 31.2 Å². The van der Waals surface area contributed by atoms with Gasteiger partial charge in [-0.15, -0.1) is 0 Å². The van der Waals surface area contributed by atoms with E-state index in [-0.39, 0.29) is 11.3 Å². The number of ether oxygens (including phenoxy) is 3. The molecule has 1 N–H and O–H groups in total. The van der Waals surface area contributed by atoms with Crippen molar-refractivity contribution in [1.82, 2.24) is 0 Å². The fraction of sp³-hybridized carbons (Fsp3) is 0.154. The monoisotopic (exact) mass is 444 g/mol. The van der Waals surface area contributed by atoms with E-state index >= 15 is 0 Å². The SMILES string of the molecule is COc1cc(NC2=C(c3ccc(C)cc3)C(=O)N(c3cccc(OC)c3)C2=O)cc(OC)c1. The number of benzene rings is 3. The lowest BCUT2D eigenvalue weighted by Crippen LogP contribution is -2.32. The molecular weight excluding hydrogens is 420 g/mol. The van der Waals surface area contributed by atoms with Crippen LogP contribution in [0, 0.1) is 6.92 Å². The average molecular weight is 444 g/mol. The summed E-state index contributed by atoms with van der Waals surface area (Å²) in [6, 6.07) is 19.5. The van der Waals surface area contributed by atoms with Gasteiger partial charge in [-0.25, -0.2) is 4.90 Å². The summed E-state index contributed by atoms with van der Waals surface area (Å²) in [7, 11) is 4.63. The van der Waals surface area contributed by atoms with Gasteiger partial charge in [0.15, 0.2) is 0 Å². The number of carbonyl (C=O) groups excluding carboxylic acids is 2. The lowest BCUT2D eigenvalue weighted by Gasteiger charge is -2.16. The summed E-state index contributed by atoms with van der Waals surface area (Å²) in [4.78, 5) is 28.3. The van der Waals surface area contributed by atoms with Crippen LogP contribution in [-0.4, -0.2) is 33.1 Å². The van der Waals surface area contributed by atoms with Crippen molar-refractivity contribution in [3.8, 4) is 17.2 Å². The van der Waals surface area contributed by atoms with Crippen molar-refractivity contribution in [2.45, 2.75) is 6.92 Å². The van der Waals surface area contributed by atoms with E-state index < -0.39 is 11.8 Å². The summed E-state index contributed by atoms with van der Waals surface area (Å²) in [5.41, 5.74) is 3.12. The topological polar surface area (TPSA) is 77.1 Å². The van der Waals surface area contributed by atoms with Gasteiger partial charge in [0.05, 0.1) is 32.6 Å². The number of amides is 2. The Hall–Kier alpha value is -4.26. The first-order valence-electron chi connectivity index (χ1n) is 10.3. The van der Waals surface area contributed by atoms with Crippen LogP contribution in [0.15, 0.2) is 72.4 Å². The van der Waals surface area contributed by atoms with Gasteiger partial charge in [-0.2, -0.15) is 0 Å². The molecule has 3 aromatic rings. The maximum absolute atomic E-state index is 13.6. The Morgan fingerprint density at radius 1 is 0.727 bits per heavy atom. The molecule has 4 rings (SSSR count). The van der Waals surface area contributed by atoms with E-state index in [9.17, 15) is 9.59 Å². The summed E-state index contributed by atoms with van der Waals surface area (Å²) in [5, 5.41) is 3.14. The smallest absolute Gasteiger partial charge is 0.282 e. The molecule has 1 heterocycles. The second-order valence-corrected chi connectivity index (χ2v) is 7.49. The van der Waals surface area contributed by atoms with Crippen LogP contribution < -0.4 is 24.4 Å². The van der Waals surface area contributed by atoms with Crippen molar-refractivity contribution in [3.63, 3.8) is 0 Å². The minimum atomic E-state index is -0.467. The molecule has 0 bridgehead atoms. The number of nitrogens with one attached hydrogen (secondary N) is 1. The molecule has 2 amide bonds. The van der Waals surface area contributed by atoms with Gasteiger partial charge in [-0.05, 0) is 24.6 Å². The molecule has 3 aromatic carbocycles. The van der Waals surface area contributed by atoms with Crippen LogP contribution in [0.5, 0.6) is 17.2 Å². The van der Waals surface area contributed by atoms with Crippen LogP contribution in [0.25, 0.3) is 5.57 Å². The van der Waals surface area contributed by atoms with Gasteiger partial charge in [0.25, 0.3) is 11.8 Å². The molecule has 0 unspecified atom stereocenters. The Morgan fingerprint density at radius 3 is 1.97 bits per heavy atom. The van der Waals surface area contributed by atoms with E-state index in [2.05, 4.69) is 5.32 Å². The molecule has 33 heavy (non-hydrogen) atoms. The summed E-state index contributed by atoms with van der Waals surface area (Å²) < 4.78 is 16.0. The molecule has 0 atom stereocenters. The van der Waals surface area contributed by atoms with Crippen LogP contribution in [-0.2, 0) is 9.59 Å². The Kier molecular flexibility index (Phi) is 6.04. The molecule has 0 aromatic heterocycles. The number of imide groups is 1. The van der Waals surface area contributed by atoms with Crippen LogP contribution in [0.4, 0.5) is 11.4 Å². The third-order valence-electron chi connectivity index (χ3n) is 5.36. The van der Waals surface area contributed by atoms with Gasteiger partial charge in [-0.3, -0.25) is 9.59 Å². The molecule has 7 heteroatoms. The van der Waals surface area contributed by atoms with Crippen molar-refractivity contribution < 1.29 is 23.8 Å². The number of anilines is 2. The van der Waals surface area contributed by atoms with Crippen LogP contribution in [0.3, 0.4) is 0 Å². The molecule has 0 saturated heterocycles. The number of rotatable bonds is 7. The lowest BCUT2D eigenvalue weighted by atomic mass is 10.0. The Labute approximate surface area is 192 Å². The summed E-state index contributed by atoms with van der Waals surface area (Å²) in [6.45, 7) is 1.96. The molecule has 1 aliphatic heterocycles. The average Bonchev–Trinajstić information content (AvgIpc) is 3.08. The first kappa shape index (κ1) is 22.0. The van der Waals surface area contributed by atoms with Crippen molar-refractivity contribution in [2.24, 2.45) is 0 Å². The number of hydrogen-bond acceptors (Lipinski definition) is 6. The number of hydrogen-bond donors (Lipinski definition) is 1. The highest BCUT2D eigenvalue weighted by Crippen LogP contribution is 2.36. The molecule has 1 aliphatic rings. The number of carbonyl (C=O) groups is 2. The lowest BCUT2D eigenvalue weighted by molar-refractivity contribution is -0.120. The molecule has 0 fully saturated rings. The number of aryl methyl sites for hydroxylation is 1. The Bertz CT molecular complexity index is 1230. The highest BCUT2D eigenvalue weighted by atomic mass is 16.5. The summed E-state index contributed by atoms with van der Waals surface area (Å²) >= 11 is 0. The normalized spacial score (nSPS) is 13.4. The van der Waals surface area contributed by atoms with Gasteiger partial charge in [0, 0.05) is 30.0 Å². The van der Waals surface area contributed by atoms with Gasteiger partial charge < -0.3 is 19.5 Å². The predicted molar refractivity (Wildman–Crippen MR) is 127 cm³/mol. The van der Waals surface area contributed by atoms with E-state index in [1.54, 1.807) is 56.7 Å². The van der Waals surface area contributed by atoms with Crippen molar-refractivity contribution in [1.29, 1.82) is 0 Å². The van der Waals surface area contributed by atoms with E-state index in [4.69, 9.17) is 14.2 Å². The zero-order valence-electron chi connectivity index (χ0n) is 18.8. The van der Waals surface area contributed by atoms with Gasteiger partial charge in [-0.1, -0.05) is 35.9 Å². The maximum atomic E-state index is 13.6. The minimum absolute atomic E-state index is 0.168. The largest absolute Gasteiger partial charge is 0.497 e. The Balaban J connectivity index is 1.83. The van der Waals surface area contributed by atoms with Crippen molar-refractivity contribution in [2.75, 3.05) is 31.5 Å². The van der Waals surface area contributed by atoms with Crippen LogP contribution >= 0.6 is 0 Å². The number of nitrogens with zero attached hydrogens (tertiary/aromatic N) is 1. The molecule has 0 radical (unpaired) electrons. The summed E-state index contributed by atoms with van der Waals surface area (Å²) in [5.74, 6) is 0.760. The fourth-order valence-electron chi connectivity index (χ4n) is 3.64. The third-order valence-corrected chi connectivity index (χ3v) is 5.36. The standard InChI is InChI=1S/C26H24N2O5/c1-16-8-10-17(11-9-16)23-24(27-18-12-21(32-3)15-22(13-18)33-4)26(30)28(25(23)29)19-6-5-7-20(14-19)31-2/h5-15,27H,1-4H3. The van der Waals surface area contributed by atoms with E-state index in [0.29, 0.717) is 34.2 Å². The zero-order chi connectivity index (χ0) is 23.5. The van der Waals surface area contributed by atoms with E-state index in [0.717, 1.165) is 10.5 Å². The van der Waals surface area contributed by atoms with Gasteiger partial charge in [0.1, 0.15) is 22.9 Å². The molecule has 0 aliphatic carbocycles. The molecule has 7 nitrogen and oxygen atoms in total. The van der Waals surface area contributed by atoms with Gasteiger partial charge >= 0.3 is 0 Å². The highest BCUT2D eigenvalue weighted by molar-refractivity contribution is 6.46. The second-order valence-electron chi connectivity index (χ2n) is 7.49. The summed E-state index contributed by atoms with van der Waals surface area (Å²) in [6.07, 6.45) is 0. The first-order chi connectivity index (χ1) is 15.9. The fourth-order valence-corrected chi connectivity index (χ4v) is 3.64. The zero-order valence-corrected chi connectivity index (χ0v) is 18.8. The molecule has 168 valence electrons. The van der Waals surface area contributed by atoms with Gasteiger partial charge in [0.2, 0.25) is 0 Å². The highest BCUT2D eigenvalue weighted by Gasteiger charge is 2.40. The van der Waals surface area contributed by atoms with Crippen LogP contribution in [0.2, 0.25) is 0 Å². The van der Waals surface area contributed by atoms with Crippen LogP contribution in [0.1, 0.15) is 11.1 Å². The molecule has 0 saturated carbocycles. The second kappa shape index (κ2) is 9.08. The van der Waals surface area contributed by atoms with E-state index in [1.165, 1.54) is 7.11 Å². The minimum Gasteiger partial charge on any atom is -0.497 e. The third kappa shape index (κ3) is 4.25. The Morgan fingerprint density at radius 2 is 1.36 bits per heavy atom. The van der Waals surface area contributed by atoms with Crippen molar-refractivity contribution in [3.05, 3.63) is 83.6 Å². The first-order valence-corrected chi connectivity index (χ1v) is 10.3. The van der Waals surface area contributed by atoms with Crippen molar-refractivity contribution >= 4 is 28.8 Å². The number of methoxy groups -OCH3 is 3. The maximum Gasteiger partial charge on any atom is 0.282 e. The quantitative estimate of drug-likeness (QED) is 0.544. The predicted octanol–water partition coefficient (Wildman–Crippen LogP) is 4.42. The molecule has 0 spiro atoms.